The highest BCUT2D eigenvalue weighted by atomic mass is 32.1. The fourth-order valence-electron chi connectivity index (χ4n) is 3.73. The van der Waals surface area contributed by atoms with E-state index in [4.69, 9.17) is 5.73 Å². The standard InChI is InChI=1S/C24H35N5O6S/c1-12(2)8-16(25)21(31)29-20(13(3)30)23(33)28-19(11-36)22(32)27-18(24(34)35)9-14-10-26-17-7-5-4-6-15(14)17/h4-7,10,12-13,16,18-20,26,30,36H,8-9,11,25H2,1-3H3,(H,27,32)(H,28,33)(H,29,31)(H,34,35). The monoisotopic (exact) mass is 521 g/mol. The van der Waals surface area contributed by atoms with Gasteiger partial charge in [0.15, 0.2) is 0 Å². The summed E-state index contributed by atoms with van der Waals surface area (Å²) in [4.78, 5) is 52.9. The van der Waals surface area contributed by atoms with Crippen molar-refractivity contribution in [3.05, 3.63) is 36.0 Å². The van der Waals surface area contributed by atoms with Gasteiger partial charge in [0, 0.05) is 29.3 Å². The number of para-hydroxylation sites is 1. The van der Waals surface area contributed by atoms with Crippen molar-refractivity contribution in [3.63, 3.8) is 0 Å². The highest BCUT2D eigenvalue weighted by Crippen LogP contribution is 2.19. The number of amides is 3. The largest absolute Gasteiger partial charge is 0.480 e. The van der Waals surface area contributed by atoms with E-state index in [-0.39, 0.29) is 18.1 Å². The lowest BCUT2D eigenvalue weighted by atomic mass is 10.0. The van der Waals surface area contributed by atoms with Crippen LogP contribution >= 0.6 is 12.6 Å². The van der Waals surface area contributed by atoms with Gasteiger partial charge in [0.2, 0.25) is 17.7 Å². The summed E-state index contributed by atoms with van der Waals surface area (Å²) in [6, 6.07) is 2.65. The maximum Gasteiger partial charge on any atom is 0.326 e. The van der Waals surface area contributed by atoms with E-state index in [0.717, 1.165) is 10.9 Å². The Balaban J connectivity index is 2.07. The van der Waals surface area contributed by atoms with Crippen molar-refractivity contribution in [2.75, 3.05) is 5.75 Å². The van der Waals surface area contributed by atoms with E-state index in [2.05, 4.69) is 33.6 Å². The number of thiol groups is 1. The predicted octanol–water partition coefficient (Wildman–Crippen LogP) is -0.0666. The highest BCUT2D eigenvalue weighted by molar-refractivity contribution is 7.80. The van der Waals surface area contributed by atoms with E-state index in [0.29, 0.717) is 12.0 Å². The number of nitrogens with one attached hydrogen (secondary N) is 4. The molecule has 3 amide bonds. The van der Waals surface area contributed by atoms with Crippen molar-refractivity contribution in [1.82, 2.24) is 20.9 Å². The number of aliphatic hydroxyl groups is 1. The minimum absolute atomic E-state index is 0.0123. The number of aromatic amines is 1. The topological polar surface area (TPSA) is 187 Å². The zero-order chi connectivity index (χ0) is 27.0. The van der Waals surface area contributed by atoms with Crippen LogP contribution in [0.25, 0.3) is 10.9 Å². The van der Waals surface area contributed by atoms with Crippen LogP contribution in [0.2, 0.25) is 0 Å². The lowest BCUT2D eigenvalue weighted by molar-refractivity contribution is -0.142. The molecule has 198 valence electrons. The third kappa shape index (κ3) is 7.97. The highest BCUT2D eigenvalue weighted by Gasteiger charge is 2.32. The number of fused-ring (bicyclic) bond motifs is 1. The van der Waals surface area contributed by atoms with Crippen LogP contribution in [0, 0.1) is 5.92 Å². The first-order chi connectivity index (χ1) is 16.9. The summed E-state index contributed by atoms with van der Waals surface area (Å²) in [5.74, 6) is -3.45. The van der Waals surface area contributed by atoms with E-state index < -0.39 is 54.0 Å². The number of benzene rings is 1. The van der Waals surface area contributed by atoms with Crippen molar-refractivity contribution in [2.24, 2.45) is 11.7 Å². The molecule has 8 N–H and O–H groups in total. The molecule has 1 aromatic carbocycles. The third-order valence-electron chi connectivity index (χ3n) is 5.65. The van der Waals surface area contributed by atoms with Gasteiger partial charge in [0.1, 0.15) is 18.1 Å². The molecular weight excluding hydrogens is 486 g/mol. The quantitative estimate of drug-likeness (QED) is 0.169. The van der Waals surface area contributed by atoms with Crippen molar-refractivity contribution >= 4 is 47.2 Å². The molecule has 0 aliphatic heterocycles. The molecule has 0 fully saturated rings. The Morgan fingerprint density at radius 1 is 1.00 bits per heavy atom. The molecule has 5 atom stereocenters. The summed E-state index contributed by atoms with van der Waals surface area (Å²) in [6.45, 7) is 5.10. The van der Waals surface area contributed by atoms with Crippen LogP contribution in [0.3, 0.4) is 0 Å². The molecule has 0 spiro atoms. The third-order valence-corrected chi connectivity index (χ3v) is 6.02. The molecular formula is C24H35N5O6S. The first-order valence-corrected chi connectivity index (χ1v) is 12.3. The number of rotatable bonds is 13. The Hall–Kier alpha value is -3.09. The zero-order valence-electron chi connectivity index (χ0n) is 20.5. The molecule has 5 unspecified atom stereocenters. The molecule has 0 saturated carbocycles. The number of aliphatic carboxylic acids is 1. The molecule has 2 aromatic rings. The number of H-pyrrole nitrogens is 1. The molecule has 0 bridgehead atoms. The summed E-state index contributed by atoms with van der Waals surface area (Å²) in [7, 11) is 0. The van der Waals surface area contributed by atoms with Crippen molar-refractivity contribution < 1.29 is 29.4 Å². The van der Waals surface area contributed by atoms with Gasteiger partial charge in [-0.25, -0.2) is 4.79 Å². The molecule has 36 heavy (non-hydrogen) atoms. The maximum absolute atomic E-state index is 12.8. The van der Waals surface area contributed by atoms with E-state index in [1.165, 1.54) is 6.92 Å². The van der Waals surface area contributed by atoms with Crippen LogP contribution in [0.15, 0.2) is 30.5 Å². The molecule has 0 saturated heterocycles. The van der Waals surface area contributed by atoms with Gasteiger partial charge in [0.05, 0.1) is 12.1 Å². The molecule has 0 aliphatic rings. The van der Waals surface area contributed by atoms with Crippen LogP contribution < -0.4 is 21.7 Å². The number of aromatic nitrogens is 1. The van der Waals surface area contributed by atoms with Gasteiger partial charge in [-0.05, 0) is 30.9 Å². The summed E-state index contributed by atoms with van der Waals surface area (Å²) in [5, 5.41) is 27.8. The normalized spacial score (nSPS) is 15.5. The van der Waals surface area contributed by atoms with E-state index in [9.17, 15) is 29.4 Å². The number of carboxylic acids is 1. The molecule has 11 nitrogen and oxygen atoms in total. The SMILES string of the molecule is CC(C)CC(N)C(=O)NC(C(=O)NC(CS)C(=O)NC(Cc1c[nH]c2ccccc12)C(=O)O)C(C)O. The second kappa shape index (κ2) is 13.3. The Labute approximate surface area is 215 Å². The Kier molecular flexibility index (Phi) is 10.8. The number of aliphatic hydroxyl groups excluding tert-OH is 1. The van der Waals surface area contributed by atoms with Crippen LogP contribution in [-0.2, 0) is 25.6 Å². The van der Waals surface area contributed by atoms with Crippen molar-refractivity contribution in [2.45, 2.75) is 63.9 Å². The second-order valence-corrected chi connectivity index (χ2v) is 9.53. The van der Waals surface area contributed by atoms with Crippen LogP contribution in [0.1, 0.15) is 32.8 Å². The summed E-state index contributed by atoms with van der Waals surface area (Å²) in [5.41, 5.74) is 7.40. The van der Waals surface area contributed by atoms with Crippen LogP contribution in [0.4, 0.5) is 0 Å². The van der Waals surface area contributed by atoms with Gasteiger partial charge in [-0.3, -0.25) is 14.4 Å². The molecule has 0 aliphatic carbocycles. The average molecular weight is 522 g/mol. The summed E-state index contributed by atoms with van der Waals surface area (Å²) < 4.78 is 0. The lowest BCUT2D eigenvalue weighted by Crippen LogP contribution is -2.60. The van der Waals surface area contributed by atoms with Gasteiger partial charge in [-0.2, -0.15) is 12.6 Å². The van der Waals surface area contributed by atoms with Gasteiger partial charge < -0.3 is 36.9 Å². The Bertz CT molecular complexity index is 1070. The molecule has 12 heteroatoms. The first kappa shape index (κ1) is 29.1. The van der Waals surface area contributed by atoms with E-state index >= 15 is 0 Å². The minimum atomic E-state index is -1.37. The van der Waals surface area contributed by atoms with Gasteiger partial charge in [-0.15, -0.1) is 0 Å². The Morgan fingerprint density at radius 2 is 1.64 bits per heavy atom. The Morgan fingerprint density at radius 3 is 2.22 bits per heavy atom. The first-order valence-electron chi connectivity index (χ1n) is 11.7. The average Bonchev–Trinajstić information content (AvgIpc) is 3.22. The van der Waals surface area contributed by atoms with E-state index in [1.807, 2.05) is 38.1 Å². The molecule has 1 heterocycles. The van der Waals surface area contributed by atoms with Crippen molar-refractivity contribution in [1.29, 1.82) is 0 Å². The smallest absolute Gasteiger partial charge is 0.326 e. The second-order valence-electron chi connectivity index (χ2n) is 9.17. The fraction of sp³-hybridized carbons (Fsp3) is 0.500. The fourth-order valence-corrected chi connectivity index (χ4v) is 3.99. The molecule has 1 aromatic heterocycles. The number of carboxylic acid groups (broad SMARTS) is 1. The lowest BCUT2D eigenvalue weighted by Gasteiger charge is -2.26. The predicted molar refractivity (Wildman–Crippen MR) is 138 cm³/mol. The van der Waals surface area contributed by atoms with Crippen molar-refractivity contribution in [3.8, 4) is 0 Å². The number of carbonyl (C=O) groups is 4. The molecule has 0 radical (unpaired) electrons. The van der Waals surface area contributed by atoms with Crippen LogP contribution in [0.5, 0.6) is 0 Å². The zero-order valence-corrected chi connectivity index (χ0v) is 21.4. The number of hydrogen-bond donors (Lipinski definition) is 8. The number of hydrogen-bond acceptors (Lipinski definition) is 7. The van der Waals surface area contributed by atoms with Gasteiger partial charge in [-0.1, -0.05) is 32.0 Å². The van der Waals surface area contributed by atoms with E-state index in [1.54, 1.807) is 6.20 Å². The van der Waals surface area contributed by atoms with Gasteiger partial charge >= 0.3 is 5.97 Å². The number of nitrogens with two attached hydrogens (primary N) is 1. The van der Waals surface area contributed by atoms with Gasteiger partial charge in [0.25, 0.3) is 0 Å². The minimum Gasteiger partial charge on any atom is -0.480 e. The molecule has 2 rings (SSSR count). The summed E-state index contributed by atoms with van der Waals surface area (Å²) >= 11 is 4.10. The maximum atomic E-state index is 12.8. The summed E-state index contributed by atoms with van der Waals surface area (Å²) in [6.07, 6.45) is 0.801. The number of carbonyl (C=O) groups excluding carboxylic acids is 3. The van der Waals surface area contributed by atoms with Crippen LogP contribution in [-0.4, -0.2) is 74.9 Å².